The molecule has 27 heavy (non-hydrogen) atoms. The maximum Gasteiger partial charge on any atom is 0.415 e. The Labute approximate surface area is 159 Å². The van der Waals surface area contributed by atoms with Gasteiger partial charge in [-0.15, -0.1) is 0 Å². The number of amides is 1. The van der Waals surface area contributed by atoms with Crippen molar-refractivity contribution in [2.75, 3.05) is 6.61 Å². The van der Waals surface area contributed by atoms with Crippen LogP contribution in [0.3, 0.4) is 0 Å². The molecule has 1 aromatic rings. The molecule has 0 radical (unpaired) electrons. The van der Waals surface area contributed by atoms with Crippen LogP contribution in [0.15, 0.2) is 53.8 Å². The topological polar surface area (TPSA) is 46.6 Å². The van der Waals surface area contributed by atoms with E-state index >= 15 is 0 Å². The van der Waals surface area contributed by atoms with Gasteiger partial charge in [-0.2, -0.15) is 0 Å². The Kier molecular flexibility index (Phi) is 3.96. The van der Waals surface area contributed by atoms with Crippen molar-refractivity contribution in [3.05, 3.63) is 59.3 Å². The van der Waals surface area contributed by atoms with Gasteiger partial charge in [0.15, 0.2) is 5.78 Å². The number of ether oxygens (including phenoxy) is 1. The molecule has 3 aliphatic carbocycles. The summed E-state index contributed by atoms with van der Waals surface area (Å²) in [5.74, 6) is 1.30. The zero-order valence-electron chi connectivity index (χ0n) is 15.6. The number of rotatable bonds is 5. The Bertz CT molecular complexity index is 840. The lowest BCUT2D eigenvalue weighted by molar-refractivity contribution is -0.120. The fraction of sp³-hybridized carbons (Fsp3) is 0.478. The van der Waals surface area contributed by atoms with Gasteiger partial charge in [-0.05, 0) is 48.2 Å². The van der Waals surface area contributed by atoms with Gasteiger partial charge in [0, 0.05) is 5.92 Å². The third-order valence-electron chi connectivity index (χ3n) is 6.80. The van der Waals surface area contributed by atoms with Crippen molar-refractivity contribution in [3.63, 3.8) is 0 Å². The molecule has 0 unspecified atom stereocenters. The highest BCUT2D eigenvalue weighted by molar-refractivity contribution is 6.04. The summed E-state index contributed by atoms with van der Waals surface area (Å²) in [7, 11) is 0. The molecule has 5 rings (SSSR count). The van der Waals surface area contributed by atoms with Gasteiger partial charge in [-0.25, -0.2) is 4.79 Å². The summed E-state index contributed by atoms with van der Waals surface area (Å²) in [5.41, 5.74) is 2.90. The van der Waals surface area contributed by atoms with Crippen LogP contribution >= 0.6 is 0 Å². The molecule has 1 heterocycles. The second-order valence-corrected chi connectivity index (χ2v) is 8.21. The van der Waals surface area contributed by atoms with Crippen molar-refractivity contribution < 1.29 is 14.3 Å². The average Bonchev–Trinajstić information content (AvgIpc) is 3.44. The standard InChI is InChI=1S/C23H25NO3/c1-2-3-9-17-19-15-10-11-16(12-15)20(19)22(25)21(17)24-18(13-27-23(24)26)14-7-5-4-6-8-14/h4-8,10-11,15-16,18-20H,2-3,9,12-13H2,1H3/t15-,16+,18-,19-,20-/m0/s1. The van der Waals surface area contributed by atoms with Crippen molar-refractivity contribution >= 4 is 11.9 Å². The fourth-order valence-corrected chi connectivity index (χ4v) is 5.64. The van der Waals surface area contributed by atoms with Crippen molar-refractivity contribution in [1.29, 1.82) is 0 Å². The molecule has 0 spiro atoms. The molecular formula is C23H25NO3. The number of unbranched alkanes of at least 4 members (excludes halogenated alkanes) is 1. The van der Waals surface area contributed by atoms with Gasteiger partial charge in [0.1, 0.15) is 6.61 Å². The molecule has 2 bridgehead atoms. The number of hydrogen-bond donors (Lipinski definition) is 0. The van der Waals surface area contributed by atoms with E-state index < -0.39 is 0 Å². The number of allylic oxidation sites excluding steroid dienone is 4. The van der Waals surface area contributed by atoms with E-state index in [4.69, 9.17) is 4.74 Å². The van der Waals surface area contributed by atoms with Crippen LogP contribution in [0.4, 0.5) is 4.79 Å². The number of carbonyl (C=O) groups is 2. The first-order valence-electron chi connectivity index (χ1n) is 10.2. The molecule has 1 saturated heterocycles. The van der Waals surface area contributed by atoms with Gasteiger partial charge in [0.05, 0.1) is 11.7 Å². The largest absolute Gasteiger partial charge is 0.447 e. The lowest BCUT2D eigenvalue weighted by Gasteiger charge is -2.25. The summed E-state index contributed by atoms with van der Waals surface area (Å²) in [4.78, 5) is 27.9. The fourth-order valence-electron chi connectivity index (χ4n) is 5.64. The number of Topliss-reactive ketones (excluding diaryl/α,β-unsaturated/α-hetero) is 1. The first-order valence-corrected chi connectivity index (χ1v) is 10.2. The molecule has 0 N–H and O–H groups in total. The SMILES string of the molecule is CCCCC1=C(N2C(=O)OC[C@H]2c2ccccc2)C(=O)[C@@H]2[C@H]1[C@H]1C=C[C@@H]2C1. The molecule has 1 aliphatic heterocycles. The van der Waals surface area contributed by atoms with E-state index in [0.29, 0.717) is 30.1 Å². The Hall–Kier alpha value is -2.36. The molecule has 0 aromatic heterocycles. The van der Waals surface area contributed by atoms with Gasteiger partial charge < -0.3 is 4.74 Å². The van der Waals surface area contributed by atoms with Crippen molar-refractivity contribution in [2.24, 2.45) is 23.7 Å². The van der Waals surface area contributed by atoms with Gasteiger partial charge >= 0.3 is 6.09 Å². The van der Waals surface area contributed by atoms with Gasteiger partial charge in [-0.3, -0.25) is 9.69 Å². The van der Waals surface area contributed by atoms with Crippen molar-refractivity contribution in [1.82, 2.24) is 4.90 Å². The Balaban J connectivity index is 1.59. The molecule has 1 aromatic carbocycles. The minimum atomic E-state index is -0.374. The Morgan fingerprint density at radius 2 is 1.81 bits per heavy atom. The van der Waals surface area contributed by atoms with E-state index in [1.54, 1.807) is 4.90 Å². The lowest BCUT2D eigenvalue weighted by Crippen LogP contribution is -2.32. The highest BCUT2D eigenvalue weighted by Crippen LogP contribution is 2.58. The van der Waals surface area contributed by atoms with Gasteiger partial charge in [0.25, 0.3) is 0 Å². The number of cyclic esters (lactones) is 1. The minimum Gasteiger partial charge on any atom is -0.447 e. The summed E-state index contributed by atoms with van der Waals surface area (Å²) in [6.45, 7) is 2.48. The predicted molar refractivity (Wildman–Crippen MR) is 102 cm³/mol. The van der Waals surface area contributed by atoms with Gasteiger partial charge in [-0.1, -0.05) is 55.8 Å². The first-order chi connectivity index (χ1) is 13.2. The number of nitrogens with zero attached hydrogens (tertiary/aromatic N) is 1. The molecule has 4 heteroatoms. The molecule has 4 nitrogen and oxygen atoms in total. The molecule has 1 saturated carbocycles. The second-order valence-electron chi connectivity index (χ2n) is 8.21. The molecule has 1 amide bonds. The smallest absolute Gasteiger partial charge is 0.415 e. The Morgan fingerprint density at radius 3 is 2.56 bits per heavy atom. The second kappa shape index (κ2) is 6.36. The minimum absolute atomic E-state index is 0.0340. The molecule has 4 aliphatic rings. The normalized spacial score (nSPS) is 34.0. The van der Waals surface area contributed by atoms with Crippen LogP contribution in [0.5, 0.6) is 0 Å². The van der Waals surface area contributed by atoms with E-state index in [2.05, 4.69) is 19.1 Å². The molecule has 140 valence electrons. The summed E-state index contributed by atoms with van der Waals surface area (Å²) < 4.78 is 5.42. The van der Waals surface area contributed by atoms with Crippen LogP contribution in [0.1, 0.15) is 44.2 Å². The highest BCUT2D eigenvalue weighted by Gasteiger charge is 2.57. The maximum absolute atomic E-state index is 13.5. The molecule has 2 fully saturated rings. The molecular weight excluding hydrogens is 338 g/mol. The van der Waals surface area contributed by atoms with E-state index in [-0.39, 0.29) is 23.8 Å². The van der Waals surface area contributed by atoms with Crippen molar-refractivity contribution in [3.8, 4) is 0 Å². The zero-order chi connectivity index (χ0) is 18.5. The summed E-state index contributed by atoms with van der Waals surface area (Å²) in [6, 6.07) is 9.72. The Morgan fingerprint density at radius 1 is 1.07 bits per heavy atom. The highest BCUT2D eigenvalue weighted by atomic mass is 16.6. The maximum atomic E-state index is 13.5. The molecule has 5 atom stereocenters. The third kappa shape index (κ3) is 2.42. The van der Waals surface area contributed by atoms with Crippen LogP contribution in [-0.2, 0) is 9.53 Å². The van der Waals surface area contributed by atoms with Crippen molar-refractivity contribution in [2.45, 2.75) is 38.6 Å². The number of hydrogen-bond acceptors (Lipinski definition) is 3. The average molecular weight is 363 g/mol. The first kappa shape index (κ1) is 16.8. The lowest BCUT2D eigenvalue weighted by atomic mass is 9.81. The summed E-state index contributed by atoms with van der Waals surface area (Å²) >= 11 is 0. The number of fused-ring (bicyclic) bond motifs is 5. The third-order valence-corrected chi connectivity index (χ3v) is 6.80. The predicted octanol–water partition coefficient (Wildman–Crippen LogP) is 4.65. The van der Waals surface area contributed by atoms with Crippen LogP contribution in [-0.4, -0.2) is 23.4 Å². The number of benzene rings is 1. The summed E-state index contributed by atoms with van der Waals surface area (Å²) in [5, 5.41) is 0. The summed E-state index contributed by atoms with van der Waals surface area (Å²) in [6.07, 6.45) is 8.28. The number of carbonyl (C=O) groups excluding carboxylic acids is 2. The van der Waals surface area contributed by atoms with E-state index in [9.17, 15) is 9.59 Å². The monoisotopic (exact) mass is 363 g/mol. The zero-order valence-corrected chi connectivity index (χ0v) is 15.6. The van der Waals surface area contributed by atoms with E-state index in [1.807, 2.05) is 30.3 Å². The van der Waals surface area contributed by atoms with Crippen LogP contribution in [0.25, 0.3) is 0 Å². The number of ketones is 1. The van der Waals surface area contributed by atoms with Crippen LogP contribution in [0.2, 0.25) is 0 Å². The van der Waals surface area contributed by atoms with Crippen LogP contribution < -0.4 is 0 Å². The van der Waals surface area contributed by atoms with E-state index in [0.717, 1.165) is 31.2 Å². The van der Waals surface area contributed by atoms with Crippen LogP contribution in [0, 0.1) is 23.7 Å². The van der Waals surface area contributed by atoms with E-state index in [1.165, 1.54) is 5.57 Å². The van der Waals surface area contributed by atoms with Gasteiger partial charge in [0.2, 0.25) is 0 Å². The quantitative estimate of drug-likeness (QED) is 0.716.